The first kappa shape index (κ1) is 9.15. The van der Waals surface area contributed by atoms with Crippen molar-refractivity contribution < 1.29 is 4.42 Å². The molecular formula is C12H10N2O2. The van der Waals surface area contributed by atoms with Crippen LogP contribution in [0.4, 0.5) is 0 Å². The zero-order valence-corrected chi connectivity index (χ0v) is 8.56. The molecule has 80 valence electrons. The summed E-state index contributed by atoms with van der Waals surface area (Å²) in [5, 5.41) is 3.66. The Balaban J connectivity index is 2.28. The molecule has 0 fully saturated rings. The van der Waals surface area contributed by atoms with Gasteiger partial charge in [0.05, 0.1) is 17.5 Å². The number of hydrogen-bond donors (Lipinski definition) is 1. The van der Waals surface area contributed by atoms with Gasteiger partial charge in [-0.2, -0.15) is 0 Å². The molecule has 0 amide bonds. The quantitative estimate of drug-likeness (QED) is 0.774. The molecule has 1 aromatic carbocycles. The first-order valence-electron chi connectivity index (χ1n) is 5.15. The van der Waals surface area contributed by atoms with Crippen LogP contribution in [0.15, 0.2) is 44.7 Å². The van der Waals surface area contributed by atoms with Crippen LogP contribution in [0.3, 0.4) is 0 Å². The Hall–Kier alpha value is -2.10. The third-order valence-electron chi connectivity index (χ3n) is 2.61. The van der Waals surface area contributed by atoms with Gasteiger partial charge in [0.2, 0.25) is 5.43 Å². The van der Waals surface area contributed by atoms with Gasteiger partial charge in [0.1, 0.15) is 17.7 Å². The number of amidine groups is 1. The summed E-state index contributed by atoms with van der Waals surface area (Å²) >= 11 is 0. The summed E-state index contributed by atoms with van der Waals surface area (Å²) in [7, 11) is 0. The van der Waals surface area contributed by atoms with Crippen molar-refractivity contribution in [1.29, 1.82) is 0 Å². The van der Waals surface area contributed by atoms with E-state index in [1.807, 2.05) is 12.1 Å². The zero-order chi connectivity index (χ0) is 11.0. The molecular weight excluding hydrogens is 204 g/mol. The maximum absolute atomic E-state index is 12.1. The highest BCUT2D eigenvalue weighted by Crippen LogP contribution is 2.11. The fraction of sp³-hybridized carbons (Fsp3) is 0.167. The van der Waals surface area contributed by atoms with E-state index in [-0.39, 0.29) is 5.43 Å². The van der Waals surface area contributed by atoms with Gasteiger partial charge in [-0.1, -0.05) is 12.1 Å². The highest BCUT2D eigenvalue weighted by molar-refractivity contribution is 6.01. The topological polar surface area (TPSA) is 54.6 Å². The van der Waals surface area contributed by atoms with E-state index in [2.05, 4.69) is 10.3 Å². The second kappa shape index (κ2) is 3.48. The summed E-state index contributed by atoms with van der Waals surface area (Å²) in [6, 6.07) is 7.22. The Kier molecular flexibility index (Phi) is 1.99. The maximum atomic E-state index is 12.1. The Morgan fingerprint density at radius 3 is 3.00 bits per heavy atom. The van der Waals surface area contributed by atoms with E-state index in [0.717, 1.165) is 6.54 Å². The molecule has 2 aromatic rings. The minimum absolute atomic E-state index is 0.0324. The van der Waals surface area contributed by atoms with Gasteiger partial charge in [0.25, 0.3) is 0 Å². The molecule has 1 aliphatic rings. The highest BCUT2D eigenvalue weighted by Gasteiger charge is 2.14. The zero-order valence-electron chi connectivity index (χ0n) is 8.56. The first-order valence-corrected chi connectivity index (χ1v) is 5.15. The monoisotopic (exact) mass is 214 g/mol. The molecule has 0 unspecified atom stereocenters. The van der Waals surface area contributed by atoms with Crippen LogP contribution in [-0.2, 0) is 0 Å². The van der Waals surface area contributed by atoms with E-state index in [1.54, 1.807) is 12.1 Å². The molecule has 0 atom stereocenters. The number of nitrogens with zero attached hydrogens (tertiary/aromatic N) is 1. The third kappa shape index (κ3) is 1.31. The molecule has 0 spiro atoms. The molecule has 0 bridgehead atoms. The minimum Gasteiger partial charge on any atom is -0.463 e. The number of para-hydroxylation sites is 1. The van der Waals surface area contributed by atoms with Crippen molar-refractivity contribution in [2.75, 3.05) is 13.1 Å². The van der Waals surface area contributed by atoms with Crippen LogP contribution >= 0.6 is 0 Å². The molecule has 2 heterocycles. The minimum atomic E-state index is -0.0324. The lowest BCUT2D eigenvalue weighted by atomic mass is 10.1. The summed E-state index contributed by atoms with van der Waals surface area (Å²) in [4.78, 5) is 16.4. The highest BCUT2D eigenvalue weighted by atomic mass is 16.3. The average molecular weight is 214 g/mol. The van der Waals surface area contributed by atoms with Gasteiger partial charge < -0.3 is 9.73 Å². The Morgan fingerprint density at radius 2 is 2.19 bits per heavy atom. The van der Waals surface area contributed by atoms with E-state index < -0.39 is 0 Å². The molecule has 1 aromatic heterocycles. The molecule has 4 nitrogen and oxygen atoms in total. The Bertz CT molecular complexity index is 628. The summed E-state index contributed by atoms with van der Waals surface area (Å²) in [5.41, 5.74) is 1.08. The third-order valence-corrected chi connectivity index (χ3v) is 2.61. The summed E-state index contributed by atoms with van der Waals surface area (Å²) in [6.07, 6.45) is 1.47. The van der Waals surface area contributed by atoms with E-state index in [0.29, 0.717) is 28.9 Å². The lowest BCUT2D eigenvalue weighted by Crippen LogP contribution is -2.25. The predicted molar refractivity (Wildman–Crippen MR) is 61.9 cm³/mol. The number of benzene rings is 1. The summed E-state index contributed by atoms with van der Waals surface area (Å²) in [6.45, 7) is 1.49. The number of rotatable bonds is 1. The molecule has 16 heavy (non-hydrogen) atoms. The van der Waals surface area contributed by atoms with Crippen molar-refractivity contribution in [3.63, 3.8) is 0 Å². The Labute approximate surface area is 91.6 Å². The van der Waals surface area contributed by atoms with E-state index >= 15 is 0 Å². The second-order valence-electron chi connectivity index (χ2n) is 3.63. The van der Waals surface area contributed by atoms with Crippen molar-refractivity contribution in [3.05, 3.63) is 46.3 Å². The fourth-order valence-electron chi connectivity index (χ4n) is 1.82. The number of nitrogens with one attached hydrogen (secondary N) is 1. The van der Waals surface area contributed by atoms with Crippen molar-refractivity contribution in [1.82, 2.24) is 5.32 Å². The average Bonchev–Trinajstić information content (AvgIpc) is 2.83. The van der Waals surface area contributed by atoms with Crippen LogP contribution in [0, 0.1) is 0 Å². The van der Waals surface area contributed by atoms with Crippen molar-refractivity contribution in [2.45, 2.75) is 0 Å². The molecule has 1 N–H and O–H groups in total. The predicted octanol–water partition coefficient (Wildman–Crippen LogP) is 1.14. The van der Waals surface area contributed by atoms with Gasteiger partial charge >= 0.3 is 0 Å². The standard InChI is InChI=1S/C12H10N2O2/c15-11-8-3-1-2-4-10(8)16-7-9(11)12-13-5-6-14-12/h1-4,7H,5-6H2,(H,13,14). The number of fused-ring (bicyclic) bond motifs is 1. The van der Waals surface area contributed by atoms with Gasteiger partial charge in [-0.25, -0.2) is 0 Å². The molecule has 0 saturated heterocycles. The number of aliphatic imine (C=N–C) groups is 1. The number of hydrogen-bond acceptors (Lipinski definition) is 4. The Morgan fingerprint density at radius 1 is 1.31 bits per heavy atom. The molecule has 0 radical (unpaired) electrons. The smallest absolute Gasteiger partial charge is 0.203 e. The van der Waals surface area contributed by atoms with Crippen molar-refractivity contribution >= 4 is 16.8 Å². The normalized spacial score (nSPS) is 14.9. The first-order chi connectivity index (χ1) is 7.86. The van der Waals surface area contributed by atoms with E-state index in [1.165, 1.54) is 6.26 Å². The van der Waals surface area contributed by atoms with E-state index in [9.17, 15) is 4.79 Å². The summed E-state index contributed by atoms with van der Waals surface area (Å²) < 4.78 is 5.42. The van der Waals surface area contributed by atoms with Gasteiger partial charge in [0.15, 0.2) is 0 Å². The molecule has 0 aliphatic carbocycles. The van der Waals surface area contributed by atoms with Crippen LogP contribution in [-0.4, -0.2) is 18.9 Å². The van der Waals surface area contributed by atoms with Crippen molar-refractivity contribution in [3.8, 4) is 0 Å². The summed E-state index contributed by atoms with van der Waals surface area (Å²) in [5.74, 6) is 0.638. The van der Waals surface area contributed by atoms with Crippen molar-refractivity contribution in [2.24, 2.45) is 4.99 Å². The van der Waals surface area contributed by atoms with Gasteiger partial charge in [0, 0.05) is 6.54 Å². The van der Waals surface area contributed by atoms with Gasteiger partial charge in [-0.15, -0.1) is 0 Å². The lowest BCUT2D eigenvalue weighted by molar-refractivity contribution is 0.600. The largest absolute Gasteiger partial charge is 0.463 e. The fourth-order valence-corrected chi connectivity index (χ4v) is 1.82. The van der Waals surface area contributed by atoms with Gasteiger partial charge in [-0.05, 0) is 12.1 Å². The molecule has 4 heteroatoms. The van der Waals surface area contributed by atoms with Crippen LogP contribution in [0.25, 0.3) is 11.0 Å². The second-order valence-corrected chi connectivity index (χ2v) is 3.63. The lowest BCUT2D eigenvalue weighted by Gasteiger charge is -2.02. The molecule has 3 rings (SSSR count). The molecule has 1 aliphatic heterocycles. The van der Waals surface area contributed by atoms with Crippen LogP contribution in [0.1, 0.15) is 5.56 Å². The maximum Gasteiger partial charge on any atom is 0.203 e. The van der Waals surface area contributed by atoms with Gasteiger partial charge in [-0.3, -0.25) is 9.79 Å². The van der Waals surface area contributed by atoms with Crippen LogP contribution < -0.4 is 10.7 Å². The molecule has 0 saturated carbocycles. The van der Waals surface area contributed by atoms with E-state index in [4.69, 9.17) is 4.42 Å². The SMILES string of the molecule is O=c1c(C2=NCCN2)coc2ccccc12. The van der Waals surface area contributed by atoms with Crippen LogP contribution in [0.5, 0.6) is 0 Å². The van der Waals surface area contributed by atoms with Crippen LogP contribution in [0.2, 0.25) is 0 Å².